The maximum absolute atomic E-state index is 11.8. The van der Waals surface area contributed by atoms with Crippen molar-refractivity contribution in [3.63, 3.8) is 0 Å². The third kappa shape index (κ3) is 5.44. The Balaban J connectivity index is 1.72. The summed E-state index contributed by atoms with van der Waals surface area (Å²) in [6.45, 7) is 3.25. The van der Waals surface area contributed by atoms with E-state index in [1.807, 2.05) is 48.7 Å². The number of carbonyl (C=O) groups is 1. The lowest BCUT2D eigenvalue weighted by Crippen LogP contribution is -2.24. The smallest absolute Gasteiger partial charge is 0.230 e. The molecular weight excluding hydrogens is 302 g/mol. The second kappa shape index (κ2) is 8.74. The van der Waals surface area contributed by atoms with E-state index in [1.165, 1.54) is 4.88 Å². The Morgan fingerprint density at radius 3 is 2.90 bits per heavy atom. The van der Waals surface area contributed by atoms with Crippen molar-refractivity contribution in [2.24, 2.45) is 0 Å². The van der Waals surface area contributed by atoms with E-state index >= 15 is 0 Å². The number of hydrogen-bond donors (Lipinski definition) is 1. The standard InChI is InChI=1S/C16H19NO2S2/c1-2-19-15-8-4-3-6-13(15)11-20-12-16(18)17-10-14-7-5-9-21-14/h3-9H,2,10-12H2,1H3,(H,17,18). The van der Waals surface area contributed by atoms with Gasteiger partial charge in [-0.25, -0.2) is 0 Å². The monoisotopic (exact) mass is 321 g/mol. The molecular formula is C16H19NO2S2. The third-order valence-electron chi connectivity index (χ3n) is 2.80. The summed E-state index contributed by atoms with van der Waals surface area (Å²) in [6, 6.07) is 12.0. The molecule has 112 valence electrons. The number of amides is 1. The summed E-state index contributed by atoms with van der Waals surface area (Å²) in [5.41, 5.74) is 1.13. The molecule has 1 aromatic carbocycles. The van der Waals surface area contributed by atoms with Crippen LogP contribution < -0.4 is 10.1 Å². The molecule has 1 amide bonds. The minimum atomic E-state index is 0.0716. The van der Waals surface area contributed by atoms with Crippen molar-refractivity contribution in [3.8, 4) is 5.75 Å². The first-order chi connectivity index (χ1) is 10.3. The number of hydrogen-bond acceptors (Lipinski definition) is 4. The minimum Gasteiger partial charge on any atom is -0.494 e. The zero-order chi connectivity index (χ0) is 14.9. The molecule has 0 atom stereocenters. The number of rotatable bonds is 8. The summed E-state index contributed by atoms with van der Waals surface area (Å²) in [4.78, 5) is 13.0. The normalized spacial score (nSPS) is 10.3. The van der Waals surface area contributed by atoms with E-state index in [1.54, 1.807) is 23.1 Å². The van der Waals surface area contributed by atoms with Gasteiger partial charge < -0.3 is 10.1 Å². The molecule has 0 radical (unpaired) electrons. The summed E-state index contributed by atoms with van der Waals surface area (Å²) in [5, 5.41) is 4.95. The fourth-order valence-electron chi connectivity index (χ4n) is 1.82. The molecule has 1 aromatic heterocycles. The molecule has 0 saturated carbocycles. The first kappa shape index (κ1) is 15.9. The zero-order valence-electron chi connectivity index (χ0n) is 12.0. The van der Waals surface area contributed by atoms with Gasteiger partial charge in [0.05, 0.1) is 18.9 Å². The Morgan fingerprint density at radius 1 is 1.29 bits per heavy atom. The number of thioether (sulfide) groups is 1. The molecule has 0 bridgehead atoms. The Morgan fingerprint density at radius 2 is 2.14 bits per heavy atom. The van der Waals surface area contributed by atoms with Crippen LogP contribution in [0, 0.1) is 0 Å². The quantitative estimate of drug-likeness (QED) is 0.806. The maximum Gasteiger partial charge on any atom is 0.230 e. The van der Waals surface area contributed by atoms with Gasteiger partial charge in [0.1, 0.15) is 5.75 Å². The van der Waals surface area contributed by atoms with Crippen LogP contribution in [0.15, 0.2) is 41.8 Å². The average molecular weight is 321 g/mol. The number of nitrogens with one attached hydrogen (secondary N) is 1. The highest BCUT2D eigenvalue weighted by atomic mass is 32.2. The summed E-state index contributed by atoms with van der Waals surface area (Å²) in [5.74, 6) is 2.22. The van der Waals surface area contributed by atoms with Crippen LogP contribution in [0.2, 0.25) is 0 Å². The van der Waals surface area contributed by atoms with Gasteiger partial charge >= 0.3 is 0 Å². The van der Waals surface area contributed by atoms with Gasteiger partial charge in [0.25, 0.3) is 0 Å². The molecule has 1 N–H and O–H groups in total. The molecule has 0 unspecified atom stereocenters. The van der Waals surface area contributed by atoms with Crippen molar-refractivity contribution in [1.82, 2.24) is 5.32 Å². The number of thiophene rings is 1. The van der Waals surface area contributed by atoms with Crippen molar-refractivity contribution >= 4 is 29.0 Å². The molecule has 0 spiro atoms. The average Bonchev–Trinajstić information content (AvgIpc) is 3.00. The van der Waals surface area contributed by atoms with Crippen molar-refractivity contribution in [2.45, 2.75) is 19.2 Å². The highest BCUT2D eigenvalue weighted by molar-refractivity contribution is 7.99. The molecule has 2 aromatic rings. The van der Waals surface area contributed by atoms with E-state index < -0.39 is 0 Å². The van der Waals surface area contributed by atoms with Crippen LogP contribution in [0.3, 0.4) is 0 Å². The molecule has 21 heavy (non-hydrogen) atoms. The summed E-state index contributed by atoms with van der Waals surface area (Å²) in [6.07, 6.45) is 0. The topological polar surface area (TPSA) is 38.3 Å². The molecule has 0 aliphatic heterocycles. The van der Waals surface area contributed by atoms with Crippen molar-refractivity contribution in [1.29, 1.82) is 0 Å². The van der Waals surface area contributed by atoms with E-state index in [-0.39, 0.29) is 5.91 Å². The second-order valence-electron chi connectivity index (χ2n) is 4.39. The summed E-state index contributed by atoms with van der Waals surface area (Å²) < 4.78 is 5.58. The SMILES string of the molecule is CCOc1ccccc1CSCC(=O)NCc1cccs1. The van der Waals surface area contributed by atoms with Gasteiger partial charge in [0.2, 0.25) is 5.91 Å². The predicted molar refractivity (Wildman–Crippen MR) is 89.9 cm³/mol. The largest absolute Gasteiger partial charge is 0.494 e. The van der Waals surface area contributed by atoms with E-state index in [0.29, 0.717) is 18.9 Å². The van der Waals surface area contributed by atoms with E-state index in [4.69, 9.17) is 4.74 Å². The fraction of sp³-hybridized carbons (Fsp3) is 0.312. The number of para-hydroxylation sites is 1. The first-order valence-corrected chi connectivity index (χ1v) is 8.90. The molecule has 3 nitrogen and oxygen atoms in total. The summed E-state index contributed by atoms with van der Waals surface area (Å²) >= 11 is 3.26. The van der Waals surface area contributed by atoms with Crippen LogP contribution in [0.5, 0.6) is 5.75 Å². The van der Waals surface area contributed by atoms with Crippen molar-refractivity contribution < 1.29 is 9.53 Å². The molecule has 1 heterocycles. The Hall–Kier alpha value is -1.46. The third-order valence-corrected chi connectivity index (χ3v) is 4.66. The van der Waals surface area contributed by atoms with Gasteiger partial charge in [-0.15, -0.1) is 23.1 Å². The predicted octanol–water partition coefficient (Wildman–Crippen LogP) is 3.70. The Labute approximate surface area is 133 Å². The van der Waals surface area contributed by atoms with Crippen LogP contribution in [-0.2, 0) is 17.1 Å². The van der Waals surface area contributed by atoms with Crippen LogP contribution in [0.4, 0.5) is 0 Å². The lowest BCUT2D eigenvalue weighted by Gasteiger charge is -2.09. The van der Waals surface area contributed by atoms with Gasteiger partial charge in [0.15, 0.2) is 0 Å². The van der Waals surface area contributed by atoms with Crippen LogP contribution in [0.25, 0.3) is 0 Å². The number of ether oxygens (including phenoxy) is 1. The van der Waals surface area contributed by atoms with Gasteiger partial charge in [-0.2, -0.15) is 0 Å². The highest BCUT2D eigenvalue weighted by Crippen LogP contribution is 2.23. The zero-order valence-corrected chi connectivity index (χ0v) is 13.6. The molecule has 2 rings (SSSR count). The second-order valence-corrected chi connectivity index (χ2v) is 6.41. The fourth-order valence-corrected chi connectivity index (χ4v) is 3.32. The lowest BCUT2D eigenvalue weighted by atomic mass is 10.2. The van der Waals surface area contributed by atoms with Gasteiger partial charge in [0, 0.05) is 16.2 Å². The van der Waals surface area contributed by atoms with Gasteiger partial charge in [-0.05, 0) is 24.4 Å². The van der Waals surface area contributed by atoms with E-state index in [2.05, 4.69) is 5.32 Å². The molecule has 0 aliphatic rings. The number of benzene rings is 1. The van der Waals surface area contributed by atoms with Crippen LogP contribution in [0.1, 0.15) is 17.4 Å². The maximum atomic E-state index is 11.8. The summed E-state index contributed by atoms with van der Waals surface area (Å²) in [7, 11) is 0. The van der Waals surface area contributed by atoms with Crippen LogP contribution in [-0.4, -0.2) is 18.3 Å². The molecule has 0 fully saturated rings. The Bertz CT molecular complexity index is 555. The molecule has 5 heteroatoms. The van der Waals surface area contributed by atoms with E-state index in [0.717, 1.165) is 17.1 Å². The minimum absolute atomic E-state index is 0.0716. The van der Waals surface area contributed by atoms with E-state index in [9.17, 15) is 4.79 Å². The van der Waals surface area contributed by atoms with Gasteiger partial charge in [-0.3, -0.25) is 4.79 Å². The van der Waals surface area contributed by atoms with Crippen molar-refractivity contribution in [3.05, 3.63) is 52.2 Å². The van der Waals surface area contributed by atoms with Crippen molar-refractivity contribution in [2.75, 3.05) is 12.4 Å². The lowest BCUT2D eigenvalue weighted by molar-refractivity contribution is -0.118. The van der Waals surface area contributed by atoms with Gasteiger partial charge in [-0.1, -0.05) is 24.3 Å². The molecule has 0 aliphatic carbocycles. The highest BCUT2D eigenvalue weighted by Gasteiger charge is 2.05. The Kier molecular flexibility index (Phi) is 6.63. The van der Waals surface area contributed by atoms with Crippen LogP contribution >= 0.6 is 23.1 Å². The number of carbonyl (C=O) groups excluding carboxylic acids is 1. The first-order valence-electron chi connectivity index (χ1n) is 6.87. The molecule has 0 saturated heterocycles.